The van der Waals surface area contributed by atoms with Gasteiger partial charge >= 0.3 is 0 Å². The highest BCUT2D eigenvalue weighted by atomic mass is 35.5. The molecule has 7 heteroatoms. The van der Waals surface area contributed by atoms with Crippen LogP contribution in [0.15, 0.2) is 79.4 Å². The summed E-state index contributed by atoms with van der Waals surface area (Å²) in [5.41, 5.74) is 5.91. The number of halogens is 2. The van der Waals surface area contributed by atoms with Crippen LogP contribution in [0, 0.1) is 0 Å². The van der Waals surface area contributed by atoms with Crippen LogP contribution in [-0.4, -0.2) is 32.4 Å². The van der Waals surface area contributed by atoms with Crippen LogP contribution in [0.5, 0.6) is 0 Å². The quantitative estimate of drug-likeness (QED) is 0.448. The SMILES string of the molecule is Cl.Cl.c1ccc(-c2ncn(C3CCNCC3)c2-c2ccccc2Cn2cccn2)cc1. The minimum Gasteiger partial charge on any atom is -0.327 e. The summed E-state index contributed by atoms with van der Waals surface area (Å²) in [4.78, 5) is 4.90. The van der Waals surface area contributed by atoms with E-state index in [0.717, 1.165) is 43.7 Å². The van der Waals surface area contributed by atoms with Crippen molar-refractivity contribution in [3.63, 3.8) is 0 Å². The average Bonchev–Trinajstić information content (AvgIpc) is 3.45. The van der Waals surface area contributed by atoms with E-state index < -0.39 is 0 Å². The van der Waals surface area contributed by atoms with Crippen molar-refractivity contribution in [3.8, 4) is 22.5 Å². The van der Waals surface area contributed by atoms with Crippen molar-refractivity contribution in [1.82, 2.24) is 24.6 Å². The van der Waals surface area contributed by atoms with Gasteiger partial charge in [0.25, 0.3) is 0 Å². The van der Waals surface area contributed by atoms with Crippen molar-refractivity contribution in [3.05, 3.63) is 84.9 Å². The molecule has 0 radical (unpaired) electrons. The van der Waals surface area contributed by atoms with Gasteiger partial charge in [-0.25, -0.2) is 4.98 Å². The number of benzene rings is 2. The first-order valence-corrected chi connectivity index (χ1v) is 10.3. The monoisotopic (exact) mass is 455 g/mol. The maximum absolute atomic E-state index is 4.90. The third-order valence-electron chi connectivity index (χ3n) is 5.71. The van der Waals surface area contributed by atoms with Crippen molar-refractivity contribution in [2.45, 2.75) is 25.4 Å². The maximum atomic E-state index is 4.90. The third-order valence-corrected chi connectivity index (χ3v) is 5.71. The van der Waals surface area contributed by atoms with Crippen molar-refractivity contribution < 1.29 is 0 Å². The fraction of sp³-hybridized carbons (Fsp3) is 0.250. The molecular formula is C24H27Cl2N5. The zero-order valence-electron chi connectivity index (χ0n) is 17.2. The highest BCUT2D eigenvalue weighted by Gasteiger charge is 2.23. The molecular weight excluding hydrogens is 429 g/mol. The highest BCUT2D eigenvalue weighted by molar-refractivity contribution is 5.85. The highest BCUT2D eigenvalue weighted by Crippen LogP contribution is 2.37. The van der Waals surface area contributed by atoms with Gasteiger partial charge in [0.1, 0.15) is 0 Å². The first kappa shape index (κ1) is 23.1. The van der Waals surface area contributed by atoms with Crippen LogP contribution >= 0.6 is 24.8 Å². The van der Waals surface area contributed by atoms with Crippen LogP contribution < -0.4 is 5.32 Å². The Hall–Kier alpha value is -2.60. The lowest BCUT2D eigenvalue weighted by Crippen LogP contribution is -2.29. The molecule has 1 saturated heterocycles. The summed E-state index contributed by atoms with van der Waals surface area (Å²) < 4.78 is 4.39. The Morgan fingerprint density at radius 3 is 2.39 bits per heavy atom. The summed E-state index contributed by atoms with van der Waals surface area (Å²) in [5.74, 6) is 0. The summed E-state index contributed by atoms with van der Waals surface area (Å²) in [7, 11) is 0. The summed E-state index contributed by atoms with van der Waals surface area (Å²) >= 11 is 0. The Kier molecular flexibility index (Phi) is 7.91. The van der Waals surface area contributed by atoms with E-state index in [4.69, 9.17) is 4.98 Å². The first-order valence-electron chi connectivity index (χ1n) is 10.3. The van der Waals surface area contributed by atoms with E-state index in [1.54, 1.807) is 0 Å². The van der Waals surface area contributed by atoms with E-state index in [1.807, 2.05) is 29.5 Å². The molecule has 0 unspecified atom stereocenters. The topological polar surface area (TPSA) is 47.7 Å². The lowest BCUT2D eigenvalue weighted by atomic mass is 9.98. The fourth-order valence-electron chi connectivity index (χ4n) is 4.25. The van der Waals surface area contributed by atoms with Crippen LogP contribution in [0.3, 0.4) is 0 Å². The number of aromatic nitrogens is 4. The van der Waals surface area contributed by atoms with Gasteiger partial charge in [-0.2, -0.15) is 5.10 Å². The number of nitrogens with one attached hydrogen (secondary N) is 1. The Labute approximate surface area is 195 Å². The molecule has 2 aromatic carbocycles. The van der Waals surface area contributed by atoms with E-state index in [-0.39, 0.29) is 24.8 Å². The molecule has 1 fully saturated rings. The minimum absolute atomic E-state index is 0. The zero-order valence-corrected chi connectivity index (χ0v) is 18.9. The molecule has 4 aromatic rings. The molecule has 0 spiro atoms. The second kappa shape index (κ2) is 10.6. The molecule has 0 aliphatic carbocycles. The Balaban J connectivity index is 0.00000136. The van der Waals surface area contributed by atoms with Gasteiger partial charge in [0, 0.05) is 29.6 Å². The molecule has 5 nitrogen and oxygen atoms in total. The molecule has 0 bridgehead atoms. The summed E-state index contributed by atoms with van der Waals surface area (Å²) in [6.07, 6.45) is 8.13. The molecule has 1 aliphatic rings. The normalized spacial score (nSPS) is 13.9. The Bertz CT molecular complexity index is 1070. The van der Waals surface area contributed by atoms with Crippen molar-refractivity contribution >= 4 is 24.8 Å². The molecule has 3 heterocycles. The lowest BCUT2D eigenvalue weighted by molar-refractivity contribution is 0.370. The molecule has 1 N–H and O–H groups in total. The number of piperidine rings is 1. The molecule has 162 valence electrons. The minimum atomic E-state index is 0. The molecule has 1 aliphatic heterocycles. The van der Waals surface area contributed by atoms with E-state index in [0.29, 0.717) is 6.04 Å². The van der Waals surface area contributed by atoms with Gasteiger partial charge in [-0.1, -0.05) is 54.6 Å². The van der Waals surface area contributed by atoms with E-state index in [9.17, 15) is 0 Å². The molecule has 31 heavy (non-hydrogen) atoms. The van der Waals surface area contributed by atoms with Gasteiger partial charge < -0.3 is 9.88 Å². The van der Waals surface area contributed by atoms with Gasteiger partial charge in [0.05, 0.1) is 24.3 Å². The second-order valence-electron chi connectivity index (χ2n) is 7.56. The summed E-state index contributed by atoms with van der Waals surface area (Å²) in [5, 5.41) is 7.89. The van der Waals surface area contributed by atoms with Gasteiger partial charge in [-0.15, -0.1) is 24.8 Å². The Morgan fingerprint density at radius 2 is 1.65 bits per heavy atom. The predicted molar refractivity (Wildman–Crippen MR) is 130 cm³/mol. The standard InChI is InChI=1S/C24H25N5.2ClH/c1-2-7-19(8-3-1)23-24(29(18-26-23)21-11-14-25-15-12-21)22-10-5-4-9-20(22)17-28-16-6-13-27-28;;/h1-10,13,16,18,21,25H,11-12,14-15,17H2;2*1H. The van der Waals surface area contributed by atoms with Crippen molar-refractivity contribution in [2.75, 3.05) is 13.1 Å². The first-order chi connectivity index (χ1) is 14.4. The number of hydrogen-bond donors (Lipinski definition) is 1. The third kappa shape index (κ3) is 4.85. The zero-order chi connectivity index (χ0) is 19.5. The molecule has 2 aromatic heterocycles. The van der Waals surface area contributed by atoms with E-state index in [1.165, 1.54) is 16.8 Å². The van der Waals surface area contributed by atoms with Crippen LogP contribution in [0.1, 0.15) is 24.4 Å². The number of rotatable bonds is 5. The van der Waals surface area contributed by atoms with Crippen molar-refractivity contribution in [1.29, 1.82) is 0 Å². The second-order valence-corrected chi connectivity index (χ2v) is 7.56. The lowest BCUT2D eigenvalue weighted by Gasteiger charge is -2.26. The molecule has 0 atom stereocenters. The van der Waals surface area contributed by atoms with Crippen molar-refractivity contribution in [2.24, 2.45) is 0 Å². The largest absolute Gasteiger partial charge is 0.327 e. The Morgan fingerprint density at radius 1 is 0.903 bits per heavy atom. The van der Waals surface area contributed by atoms with Crippen LogP contribution in [0.25, 0.3) is 22.5 Å². The molecule has 0 amide bonds. The van der Waals surface area contributed by atoms with Gasteiger partial charge in [0.15, 0.2) is 0 Å². The summed E-state index contributed by atoms with van der Waals surface area (Å²) in [6.45, 7) is 2.85. The van der Waals surface area contributed by atoms with Gasteiger partial charge in [-0.3, -0.25) is 4.68 Å². The van der Waals surface area contributed by atoms with Crippen LogP contribution in [-0.2, 0) is 6.54 Å². The van der Waals surface area contributed by atoms with E-state index in [2.05, 4.69) is 69.6 Å². The fourth-order valence-corrected chi connectivity index (χ4v) is 4.25. The van der Waals surface area contributed by atoms with E-state index >= 15 is 0 Å². The average molecular weight is 456 g/mol. The number of hydrogen-bond acceptors (Lipinski definition) is 3. The van der Waals surface area contributed by atoms with Crippen LogP contribution in [0.2, 0.25) is 0 Å². The smallest absolute Gasteiger partial charge is 0.0963 e. The summed E-state index contributed by atoms with van der Waals surface area (Å²) in [6, 6.07) is 21.6. The van der Waals surface area contributed by atoms with Gasteiger partial charge in [0.2, 0.25) is 0 Å². The molecule has 5 rings (SSSR count). The van der Waals surface area contributed by atoms with Crippen LogP contribution in [0.4, 0.5) is 0 Å². The predicted octanol–water partition coefficient (Wildman–Crippen LogP) is 5.23. The maximum Gasteiger partial charge on any atom is 0.0963 e. The van der Waals surface area contributed by atoms with Gasteiger partial charge in [-0.05, 0) is 37.6 Å². The number of nitrogens with zero attached hydrogens (tertiary/aromatic N) is 4. The molecule has 0 saturated carbocycles. The number of imidazole rings is 1.